The highest BCUT2D eigenvalue weighted by molar-refractivity contribution is 6.33. The van der Waals surface area contributed by atoms with Crippen molar-refractivity contribution in [3.8, 4) is 39.3 Å². The molecule has 14 aromatic rings. The summed E-state index contributed by atoms with van der Waals surface area (Å²) >= 11 is 0. The van der Waals surface area contributed by atoms with Gasteiger partial charge in [-0.05, 0) is 83.9 Å². The molecular formula is C58H36N6. The topological polar surface area (TPSA) is 56.4 Å². The fourth-order valence-electron chi connectivity index (χ4n) is 10.7. The first kappa shape index (κ1) is 34.9. The zero-order valence-corrected chi connectivity index (χ0v) is 34.4. The minimum atomic E-state index is 0.997. The molecule has 0 aliphatic carbocycles. The van der Waals surface area contributed by atoms with Crippen LogP contribution in [0.5, 0.6) is 0 Å². The number of rotatable bonds is 5. The molecule has 298 valence electrons. The molecular weight excluding hydrogens is 781 g/mol. The molecule has 1 N–H and O–H groups in total. The zero-order chi connectivity index (χ0) is 41.9. The molecule has 0 saturated carbocycles. The Labute approximate surface area is 366 Å². The average molecular weight is 817 g/mol. The molecule has 8 aromatic carbocycles. The fraction of sp³-hybridized carbons (Fsp3) is 0. The Morgan fingerprint density at radius 2 is 0.859 bits per heavy atom. The monoisotopic (exact) mass is 816 g/mol. The first-order chi connectivity index (χ1) is 31.8. The molecule has 14 rings (SSSR count). The van der Waals surface area contributed by atoms with E-state index in [0.717, 1.165) is 94.1 Å². The van der Waals surface area contributed by atoms with Crippen LogP contribution in [0.1, 0.15) is 0 Å². The summed E-state index contributed by atoms with van der Waals surface area (Å²) in [6.45, 7) is 0. The van der Waals surface area contributed by atoms with Crippen LogP contribution >= 0.6 is 0 Å². The number of nitrogens with zero attached hydrogens (tertiary/aromatic N) is 5. The smallest absolute Gasteiger partial charge is 0.0963 e. The van der Waals surface area contributed by atoms with E-state index in [9.17, 15) is 0 Å². The lowest BCUT2D eigenvalue weighted by Crippen LogP contribution is -1.99. The molecule has 0 radical (unpaired) electrons. The Balaban J connectivity index is 1.17. The van der Waals surface area contributed by atoms with Crippen LogP contribution < -0.4 is 0 Å². The number of hydrogen-bond acceptors (Lipinski definition) is 2. The van der Waals surface area contributed by atoms with Gasteiger partial charge in [0.05, 0.1) is 49.7 Å². The van der Waals surface area contributed by atoms with E-state index in [2.05, 4.69) is 207 Å². The predicted octanol–water partition coefficient (Wildman–Crippen LogP) is 14.7. The van der Waals surface area contributed by atoms with Crippen molar-refractivity contribution in [1.82, 2.24) is 28.7 Å². The molecule has 64 heavy (non-hydrogen) atoms. The van der Waals surface area contributed by atoms with Crippen molar-refractivity contribution in [1.29, 1.82) is 0 Å². The largest absolute Gasteiger partial charge is 0.354 e. The summed E-state index contributed by atoms with van der Waals surface area (Å²) in [5.74, 6) is 0. The summed E-state index contributed by atoms with van der Waals surface area (Å²) in [5, 5.41) is 7.00. The lowest BCUT2D eigenvalue weighted by Gasteiger charge is -2.18. The maximum atomic E-state index is 4.87. The van der Waals surface area contributed by atoms with Crippen molar-refractivity contribution >= 4 is 87.5 Å². The zero-order valence-electron chi connectivity index (χ0n) is 34.4. The summed E-state index contributed by atoms with van der Waals surface area (Å²) < 4.78 is 7.21. The van der Waals surface area contributed by atoms with Crippen molar-refractivity contribution in [2.24, 2.45) is 0 Å². The third-order valence-corrected chi connectivity index (χ3v) is 13.2. The molecule has 0 bridgehead atoms. The number of hydrogen-bond donors (Lipinski definition) is 1. The molecule has 6 nitrogen and oxygen atoms in total. The van der Waals surface area contributed by atoms with Gasteiger partial charge in [-0.3, -0.25) is 9.97 Å². The van der Waals surface area contributed by atoms with E-state index in [1.165, 1.54) is 32.7 Å². The van der Waals surface area contributed by atoms with Gasteiger partial charge in [-0.2, -0.15) is 0 Å². The van der Waals surface area contributed by atoms with E-state index in [1.807, 2.05) is 24.5 Å². The van der Waals surface area contributed by atoms with Gasteiger partial charge in [-0.1, -0.05) is 127 Å². The van der Waals surface area contributed by atoms with E-state index in [-0.39, 0.29) is 0 Å². The van der Waals surface area contributed by atoms with Crippen LogP contribution in [0.2, 0.25) is 0 Å². The number of para-hydroxylation sites is 3. The molecule has 0 aliphatic rings. The maximum Gasteiger partial charge on any atom is 0.0963 e. The molecule has 6 heterocycles. The Morgan fingerprint density at radius 1 is 0.344 bits per heavy atom. The predicted molar refractivity (Wildman–Crippen MR) is 265 cm³/mol. The van der Waals surface area contributed by atoms with Crippen LogP contribution in [0.3, 0.4) is 0 Å². The molecule has 6 aromatic heterocycles. The summed E-state index contributed by atoms with van der Waals surface area (Å²) in [7, 11) is 0. The van der Waals surface area contributed by atoms with E-state index in [0.29, 0.717) is 0 Å². The summed E-state index contributed by atoms with van der Waals surface area (Å²) in [6.07, 6.45) is 3.77. The number of nitrogens with one attached hydrogen (secondary N) is 1. The third kappa shape index (κ3) is 4.85. The molecule has 0 saturated heterocycles. The van der Waals surface area contributed by atoms with Crippen LogP contribution in [-0.4, -0.2) is 28.7 Å². The summed E-state index contributed by atoms with van der Waals surface area (Å²) in [4.78, 5) is 13.8. The number of aromatic amines is 1. The number of pyridine rings is 2. The van der Waals surface area contributed by atoms with Crippen molar-refractivity contribution in [2.45, 2.75) is 0 Å². The normalized spacial score (nSPS) is 12.1. The number of H-pyrrole nitrogens is 1. The highest BCUT2D eigenvalue weighted by atomic mass is 15.0. The third-order valence-electron chi connectivity index (χ3n) is 13.2. The highest BCUT2D eigenvalue weighted by Crippen LogP contribution is 2.51. The van der Waals surface area contributed by atoms with Crippen LogP contribution in [0.25, 0.3) is 127 Å². The number of aromatic nitrogens is 6. The van der Waals surface area contributed by atoms with Crippen molar-refractivity contribution in [3.63, 3.8) is 0 Å². The van der Waals surface area contributed by atoms with Gasteiger partial charge in [0.15, 0.2) is 0 Å². The van der Waals surface area contributed by atoms with E-state index in [4.69, 9.17) is 9.97 Å². The second-order valence-electron chi connectivity index (χ2n) is 16.6. The van der Waals surface area contributed by atoms with Crippen molar-refractivity contribution < 1.29 is 0 Å². The van der Waals surface area contributed by atoms with Crippen LogP contribution in [-0.2, 0) is 0 Å². The van der Waals surface area contributed by atoms with E-state index >= 15 is 0 Å². The Kier molecular flexibility index (Phi) is 7.30. The average Bonchev–Trinajstić information content (AvgIpc) is 4.10. The summed E-state index contributed by atoms with van der Waals surface area (Å²) in [5.41, 5.74) is 18.8. The minimum absolute atomic E-state index is 0.997. The molecule has 0 aliphatic heterocycles. The van der Waals surface area contributed by atoms with Gasteiger partial charge in [-0.25, -0.2) is 0 Å². The lowest BCUT2D eigenvalue weighted by molar-refractivity contribution is 1.15. The fourth-order valence-corrected chi connectivity index (χ4v) is 10.7. The van der Waals surface area contributed by atoms with E-state index in [1.54, 1.807) is 0 Å². The standard InChI is InChI=1S/C58H36N6/c1-4-16-36(17-5-1)51-52(37-18-6-2-7-19-37)58-54(57-53(51)41-30-28-39(34-45(41)61-57)62-46-24-12-10-22-43(46)55-48(62)26-14-32-59-55)42-31-29-40(35-50(42)64(58)38-20-8-3-9-21-38)63-47-25-13-11-23-44(47)56-49(63)27-15-33-60-56/h1-35,61H. The van der Waals surface area contributed by atoms with Crippen molar-refractivity contribution in [3.05, 3.63) is 213 Å². The SMILES string of the molecule is c1ccc(-c2c(-c3ccccc3)c3c(c4ccc(-n5c6ccccc6c6ncccc65)cc4n3-c3ccccc3)c3[nH]c4cc(-n5c6ccccc6c6ncccc65)ccc4c23)cc1. The van der Waals surface area contributed by atoms with Gasteiger partial charge in [0.25, 0.3) is 0 Å². The van der Waals surface area contributed by atoms with Gasteiger partial charge in [-0.15, -0.1) is 0 Å². The van der Waals surface area contributed by atoms with Crippen LogP contribution in [0.15, 0.2) is 213 Å². The molecule has 0 spiro atoms. The lowest BCUT2D eigenvalue weighted by atomic mass is 9.88. The summed E-state index contributed by atoms with van der Waals surface area (Å²) in [6, 6.07) is 72.2. The van der Waals surface area contributed by atoms with Gasteiger partial charge in [0.1, 0.15) is 0 Å². The number of benzene rings is 8. The van der Waals surface area contributed by atoms with Crippen LogP contribution in [0, 0.1) is 0 Å². The van der Waals surface area contributed by atoms with Gasteiger partial charge < -0.3 is 18.7 Å². The Morgan fingerprint density at radius 3 is 1.48 bits per heavy atom. The second-order valence-corrected chi connectivity index (χ2v) is 16.6. The van der Waals surface area contributed by atoms with E-state index < -0.39 is 0 Å². The van der Waals surface area contributed by atoms with Gasteiger partial charge in [0.2, 0.25) is 0 Å². The first-order valence-electron chi connectivity index (χ1n) is 21.7. The molecule has 0 fully saturated rings. The van der Waals surface area contributed by atoms with Gasteiger partial charge >= 0.3 is 0 Å². The quantitative estimate of drug-likeness (QED) is 0.188. The Hall–Kier alpha value is -8.74. The van der Waals surface area contributed by atoms with Crippen molar-refractivity contribution in [2.75, 3.05) is 0 Å². The molecule has 0 atom stereocenters. The minimum Gasteiger partial charge on any atom is -0.354 e. The Bertz CT molecular complexity index is 4070. The van der Waals surface area contributed by atoms with Gasteiger partial charge in [0, 0.05) is 78.4 Å². The van der Waals surface area contributed by atoms with Crippen LogP contribution in [0.4, 0.5) is 0 Å². The second kappa shape index (κ2) is 13.4. The first-order valence-corrected chi connectivity index (χ1v) is 21.7. The molecule has 0 unspecified atom stereocenters. The molecule has 6 heteroatoms. The maximum absolute atomic E-state index is 4.87. The number of fused-ring (bicyclic) bond motifs is 13. The highest BCUT2D eigenvalue weighted by Gasteiger charge is 2.28. The molecule has 0 amide bonds.